The molecule has 9 nitrogen and oxygen atoms in total. The summed E-state index contributed by atoms with van der Waals surface area (Å²) >= 11 is 0. The molecule has 0 bridgehead atoms. The molecule has 1 aliphatic rings. The Kier molecular flexibility index (Phi) is 6.99. The van der Waals surface area contributed by atoms with E-state index in [0.717, 1.165) is 5.56 Å². The highest BCUT2D eigenvalue weighted by Gasteiger charge is 2.32. The minimum absolute atomic E-state index is 0.244. The number of rotatable bonds is 7. The maximum Gasteiger partial charge on any atom is 0.337 e. The lowest BCUT2D eigenvalue weighted by Crippen LogP contribution is -2.45. The Morgan fingerprint density at radius 3 is 2.25 bits per heavy atom. The van der Waals surface area contributed by atoms with Crippen LogP contribution in [0.25, 0.3) is 0 Å². The van der Waals surface area contributed by atoms with Crippen molar-refractivity contribution in [2.24, 2.45) is 0 Å². The number of esters is 2. The second-order valence-corrected chi connectivity index (χ2v) is 6.95. The number of nitrogens with one attached hydrogen (secondary N) is 2. The summed E-state index contributed by atoms with van der Waals surface area (Å²) in [5.74, 6) is -0.0396. The molecular weight excluding hydrogens is 416 g/mol. The lowest BCUT2D eigenvalue weighted by atomic mass is 9.95. The van der Waals surface area contributed by atoms with Gasteiger partial charge in [-0.25, -0.2) is 14.4 Å². The van der Waals surface area contributed by atoms with E-state index in [0.29, 0.717) is 33.9 Å². The van der Waals surface area contributed by atoms with E-state index < -0.39 is 24.0 Å². The van der Waals surface area contributed by atoms with Crippen molar-refractivity contribution in [2.45, 2.75) is 19.6 Å². The lowest BCUT2D eigenvalue weighted by molar-refractivity contribution is -0.136. The molecule has 2 N–H and O–H groups in total. The third-order valence-corrected chi connectivity index (χ3v) is 4.96. The van der Waals surface area contributed by atoms with Crippen molar-refractivity contribution in [3.8, 4) is 11.5 Å². The molecule has 0 saturated carbocycles. The number of allylic oxidation sites excluding steroid dienone is 1. The second-order valence-electron chi connectivity index (χ2n) is 6.95. The van der Waals surface area contributed by atoms with Crippen LogP contribution in [0.2, 0.25) is 0 Å². The van der Waals surface area contributed by atoms with Crippen molar-refractivity contribution in [3.05, 3.63) is 70.4 Å². The Bertz CT molecular complexity index is 1060. The summed E-state index contributed by atoms with van der Waals surface area (Å²) in [7, 11) is 4.11. The van der Waals surface area contributed by atoms with Crippen molar-refractivity contribution in [3.63, 3.8) is 0 Å². The van der Waals surface area contributed by atoms with Crippen molar-refractivity contribution >= 4 is 18.0 Å². The molecule has 1 aliphatic heterocycles. The van der Waals surface area contributed by atoms with Gasteiger partial charge in [-0.3, -0.25) is 0 Å². The van der Waals surface area contributed by atoms with Gasteiger partial charge >= 0.3 is 18.0 Å². The zero-order valence-corrected chi connectivity index (χ0v) is 18.2. The predicted molar refractivity (Wildman–Crippen MR) is 114 cm³/mol. The van der Waals surface area contributed by atoms with Crippen LogP contribution in [0.4, 0.5) is 4.79 Å². The SMILES string of the molecule is COC(=O)C1=C(C)NC(=O)NC1c1ccc(OCc2ccc(C(=O)OC)cc2)c(OC)c1. The number of hydrogen-bond acceptors (Lipinski definition) is 7. The zero-order chi connectivity index (χ0) is 23.3. The van der Waals surface area contributed by atoms with Gasteiger partial charge in [0.05, 0.1) is 38.5 Å². The number of carbonyl (C=O) groups excluding carboxylic acids is 3. The van der Waals surface area contributed by atoms with Gasteiger partial charge in [0.2, 0.25) is 0 Å². The van der Waals surface area contributed by atoms with Gasteiger partial charge in [-0.1, -0.05) is 18.2 Å². The van der Waals surface area contributed by atoms with Crippen LogP contribution >= 0.6 is 0 Å². The summed E-state index contributed by atoms with van der Waals surface area (Å²) in [6.07, 6.45) is 0. The zero-order valence-electron chi connectivity index (χ0n) is 18.2. The van der Waals surface area contributed by atoms with Crippen molar-refractivity contribution in [1.82, 2.24) is 10.6 Å². The fraction of sp³-hybridized carbons (Fsp3) is 0.261. The highest BCUT2D eigenvalue weighted by molar-refractivity contribution is 5.95. The molecule has 2 aromatic rings. The van der Waals surface area contributed by atoms with Gasteiger partial charge in [0.1, 0.15) is 6.61 Å². The Labute approximate surface area is 185 Å². The monoisotopic (exact) mass is 440 g/mol. The predicted octanol–water partition coefficient (Wildman–Crippen LogP) is 2.86. The minimum Gasteiger partial charge on any atom is -0.493 e. The van der Waals surface area contributed by atoms with Crippen LogP contribution in [0.3, 0.4) is 0 Å². The number of amides is 2. The summed E-state index contributed by atoms with van der Waals surface area (Å²) in [5, 5.41) is 5.31. The first-order valence-electron chi connectivity index (χ1n) is 9.72. The van der Waals surface area contributed by atoms with E-state index in [1.54, 1.807) is 49.4 Å². The summed E-state index contributed by atoms with van der Waals surface area (Å²) in [6.45, 7) is 1.88. The van der Waals surface area contributed by atoms with Gasteiger partial charge in [-0.05, 0) is 42.3 Å². The van der Waals surface area contributed by atoms with E-state index in [2.05, 4.69) is 10.6 Å². The normalized spacial score (nSPS) is 15.4. The quantitative estimate of drug-likeness (QED) is 0.637. The van der Waals surface area contributed by atoms with Crippen LogP contribution in [0, 0.1) is 0 Å². The van der Waals surface area contributed by atoms with Crippen LogP contribution in [-0.2, 0) is 20.9 Å². The Morgan fingerprint density at radius 2 is 1.62 bits per heavy atom. The van der Waals surface area contributed by atoms with Gasteiger partial charge < -0.3 is 29.6 Å². The topological polar surface area (TPSA) is 112 Å². The number of hydrogen-bond donors (Lipinski definition) is 2. The van der Waals surface area contributed by atoms with Crippen LogP contribution in [0.15, 0.2) is 53.7 Å². The van der Waals surface area contributed by atoms with Crippen LogP contribution < -0.4 is 20.1 Å². The van der Waals surface area contributed by atoms with Gasteiger partial charge in [-0.2, -0.15) is 0 Å². The summed E-state index contributed by atoms with van der Waals surface area (Å²) in [5.41, 5.74) is 2.65. The molecule has 32 heavy (non-hydrogen) atoms. The third kappa shape index (κ3) is 4.83. The molecule has 0 spiro atoms. The molecule has 0 aliphatic carbocycles. The van der Waals surface area contributed by atoms with Gasteiger partial charge in [0, 0.05) is 5.70 Å². The molecule has 1 unspecified atom stereocenters. The van der Waals surface area contributed by atoms with Crippen molar-refractivity contribution in [1.29, 1.82) is 0 Å². The van der Waals surface area contributed by atoms with Gasteiger partial charge in [-0.15, -0.1) is 0 Å². The molecule has 0 radical (unpaired) electrons. The van der Waals surface area contributed by atoms with Crippen LogP contribution in [0.5, 0.6) is 11.5 Å². The maximum atomic E-state index is 12.3. The number of methoxy groups -OCH3 is 3. The number of urea groups is 1. The van der Waals surface area contributed by atoms with E-state index in [4.69, 9.17) is 18.9 Å². The largest absolute Gasteiger partial charge is 0.493 e. The average molecular weight is 440 g/mol. The fourth-order valence-electron chi connectivity index (χ4n) is 3.32. The molecule has 168 valence electrons. The van der Waals surface area contributed by atoms with Gasteiger partial charge in [0.25, 0.3) is 0 Å². The Hall–Kier alpha value is -4.01. The molecule has 0 aromatic heterocycles. The van der Waals surface area contributed by atoms with E-state index in [-0.39, 0.29) is 6.61 Å². The molecule has 2 amide bonds. The fourth-order valence-corrected chi connectivity index (χ4v) is 3.32. The van der Waals surface area contributed by atoms with Gasteiger partial charge in [0.15, 0.2) is 11.5 Å². The molecule has 0 fully saturated rings. The van der Waals surface area contributed by atoms with E-state index in [9.17, 15) is 14.4 Å². The van der Waals surface area contributed by atoms with Crippen LogP contribution in [-0.4, -0.2) is 39.3 Å². The van der Waals surface area contributed by atoms with E-state index in [1.165, 1.54) is 21.3 Å². The minimum atomic E-state index is -0.704. The highest BCUT2D eigenvalue weighted by Crippen LogP contribution is 2.35. The standard InChI is InChI=1S/C23H24N2O7/c1-13-19(22(27)31-4)20(25-23(28)24-13)16-9-10-17(18(11-16)29-2)32-12-14-5-7-15(8-6-14)21(26)30-3/h5-11,20H,12H2,1-4H3,(H2,24,25,28). The molecule has 9 heteroatoms. The average Bonchev–Trinajstić information content (AvgIpc) is 2.81. The Morgan fingerprint density at radius 1 is 0.938 bits per heavy atom. The smallest absolute Gasteiger partial charge is 0.337 e. The number of carbonyl (C=O) groups is 3. The first kappa shape index (κ1) is 22.7. The summed E-state index contributed by atoms with van der Waals surface area (Å²) in [6, 6.07) is 10.9. The van der Waals surface area contributed by atoms with E-state index in [1.807, 2.05) is 0 Å². The molecule has 0 saturated heterocycles. The van der Waals surface area contributed by atoms with Crippen molar-refractivity contribution in [2.75, 3.05) is 21.3 Å². The Balaban J connectivity index is 1.81. The first-order chi connectivity index (χ1) is 15.4. The lowest BCUT2D eigenvalue weighted by Gasteiger charge is -2.28. The second kappa shape index (κ2) is 9.86. The third-order valence-electron chi connectivity index (χ3n) is 4.96. The van der Waals surface area contributed by atoms with Crippen LogP contribution in [0.1, 0.15) is 34.5 Å². The molecule has 3 rings (SSSR count). The van der Waals surface area contributed by atoms with E-state index >= 15 is 0 Å². The summed E-state index contributed by atoms with van der Waals surface area (Å²) in [4.78, 5) is 35.8. The first-order valence-corrected chi connectivity index (χ1v) is 9.72. The summed E-state index contributed by atoms with van der Waals surface area (Å²) < 4.78 is 20.9. The molecular formula is C23H24N2O7. The number of ether oxygens (including phenoxy) is 4. The molecule has 1 heterocycles. The highest BCUT2D eigenvalue weighted by atomic mass is 16.5. The number of benzene rings is 2. The maximum absolute atomic E-state index is 12.3. The molecule has 1 atom stereocenters. The molecule has 2 aromatic carbocycles. The van der Waals surface area contributed by atoms with Crippen molar-refractivity contribution < 1.29 is 33.3 Å².